The van der Waals surface area contributed by atoms with Gasteiger partial charge in [-0.05, 0) is 17.7 Å². The monoisotopic (exact) mass is 220 g/mol. The first-order chi connectivity index (χ1) is 7.55. The number of aliphatic hydroxyl groups excluding tert-OH is 1. The topological polar surface area (TPSA) is 46.5 Å². The molecule has 1 aromatic rings. The average Bonchev–Trinajstić information content (AvgIpc) is 2.26. The van der Waals surface area contributed by atoms with Gasteiger partial charge in [-0.2, -0.15) is 0 Å². The van der Waals surface area contributed by atoms with Gasteiger partial charge in [0.2, 0.25) is 0 Å². The van der Waals surface area contributed by atoms with E-state index in [1.54, 1.807) is 7.11 Å². The second-order valence-electron chi connectivity index (χ2n) is 4.72. The Kier molecular flexibility index (Phi) is 2.72. The van der Waals surface area contributed by atoms with Crippen LogP contribution in [0.5, 0.6) is 5.75 Å². The highest BCUT2D eigenvalue weighted by Gasteiger charge is 2.45. The van der Waals surface area contributed by atoms with Crippen molar-refractivity contribution in [1.29, 1.82) is 0 Å². The van der Waals surface area contributed by atoms with E-state index in [1.807, 2.05) is 31.2 Å². The van der Waals surface area contributed by atoms with Gasteiger partial charge < -0.3 is 9.84 Å². The van der Waals surface area contributed by atoms with E-state index in [2.05, 4.69) is 0 Å². The molecule has 16 heavy (non-hydrogen) atoms. The Morgan fingerprint density at radius 1 is 1.31 bits per heavy atom. The fourth-order valence-corrected chi connectivity index (χ4v) is 2.23. The van der Waals surface area contributed by atoms with Gasteiger partial charge in [-0.15, -0.1) is 0 Å². The number of carbonyl (C=O) groups is 1. The molecule has 86 valence electrons. The van der Waals surface area contributed by atoms with E-state index in [0.29, 0.717) is 12.8 Å². The zero-order chi connectivity index (χ0) is 11.8. The van der Waals surface area contributed by atoms with E-state index in [0.717, 1.165) is 11.3 Å². The molecule has 1 aromatic carbocycles. The minimum atomic E-state index is -0.573. The molecular formula is C13H16O3. The minimum absolute atomic E-state index is 0.232. The molecule has 0 bridgehead atoms. The van der Waals surface area contributed by atoms with Gasteiger partial charge >= 0.3 is 0 Å². The minimum Gasteiger partial charge on any atom is -0.497 e. The van der Waals surface area contributed by atoms with Gasteiger partial charge in [0.25, 0.3) is 0 Å². The molecule has 0 spiro atoms. The van der Waals surface area contributed by atoms with Crippen LogP contribution in [-0.2, 0) is 4.79 Å². The number of Topliss-reactive ketones (excluding diaryl/α,β-unsaturated/α-hetero) is 1. The highest BCUT2D eigenvalue weighted by Crippen LogP contribution is 2.47. The number of hydrogen-bond donors (Lipinski definition) is 1. The Morgan fingerprint density at radius 2 is 1.88 bits per heavy atom. The first-order valence-electron chi connectivity index (χ1n) is 5.39. The highest BCUT2D eigenvalue weighted by atomic mass is 16.5. The van der Waals surface area contributed by atoms with Crippen molar-refractivity contribution in [1.82, 2.24) is 0 Å². The summed E-state index contributed by atoms with van der Waals surface area (Å²) in [5.41, 5.74) is 0.557. The van der Waals surface area contributed by atoms with E-state index in [4.69, 9.17) is 4.74 Å². The maximum Gasteiger partial charge on any atom is 0.134 e. The van der Waals surface area contributed by atoms with Gasteiger partial charge in [-0.3, -0.25) is 4.79 Å². The van der Waals surface area contributed by atoms with Crippen LogP contribution in [-0.4, -0.2) is 18.0 Å². The van der Waals surface area contributed by atoms with Crippen molar-refractivity contribution >= 4 is 5.78 Å². The lowest BCUT2D eigenvalue weighted by atomic mass is 9.64. The quantitative estimate of drug-likeness (QED) is 0.848. The van der Waals surface area contributed by atoms with Crippen LogP contribution < -0.4 is 4.74 Å². The lowest BCUT2D eigenvalue weighted by Gasteiger charge is -2.41. The summed E-state index contributed by atoms with van der Waals surface area (Å²) in [4.78, 5) is 11.0. The van der Waals surface area contributed by atoms with Crippen LogP contribution >= 0.6 is 0 Å². The second-order valence-corrected chi connectivity index (χ2v) is 4.72. The number of hydrogen-bond acceptors (Lipinski definition) is 3. The average molecular weight is 220 g/mol. The molecule has 0 saturated heterocycles. The first kappa shape index (κ1) is 11.1. The Balaban J connectivity index is 2.14. The number of rotatable bonds is 3. The van der Waals surface area contributed by atoms with E-state index in [1.165, 1.54) is 0 Å². The molecule has 0 aliphatic heterocycles. The molecule has 0 heterocycles. The summed E-state index contributed by atoms with van der Waals surface area (Å²) in [6.45, 7) is 1.95. The van der Waals surface area contributed by atoms with E-state index in [-0.39, 0.29) is 11.2 Å². The summed E-state index contributed by atoms with van der Waals surface area (Å²) in [5, 5.41) is 10.2. The molecule has 0 radical (unpaired) electrons. The molecule has 1 aliphatic rings. The van der Waals surface area contributed by atoms with Crippen molar-refractivity contribution in [2.45, 2.75) is 25.9 Å². The van der Waals surface area contributed by atoms with Gasteiger partial charge in [0.05, 0.1) is 13.2 Å². The standard InChI is InChI=1S/C13H16O3/c1-13(7-10(14)8-13)12(15)9-3-5-11(16-2)6-4-9/h3-6,12,15H,7-8H2,1-2H3/t12-/m0/s1. The van der Waals surface area contributed by atoms with Gasteiger partial charge in [0, 0.05) is 18.3 Å². The molecule has 0 unspecified atom stereocenters. The Morgan fingerprint density at radius 3 is 2.31 bits per heavy atom. The lowest BCUT2D eigenvalue weighted by Crippen LogP contribution is -2.39. The molecule has 0 amide bonds. The zero-order valence-electron chi connectivity index (χ0n) is 9.56. The summed E-state index contributed by atoms with van der Waals surface area (Å²) < 4.78 is 5.06. The third-order valence-corrected chi connectivity index (χ3v) is 3.29. The van der Waals surface area contributed by atoms with Gasteiger partial charge in [0.15, 0.2) is 0 Å². The molecule has 3 heteroatoms. The van der Waals surface area contributed by atoms with E-state index < -0.39 is 6.10 Å². The van der Waals surface area contributed by atoms with Gasteiger partial charge in [-0.25, -0.2) is 0 Å². The van der Waals surface area contributed by atoms with E-state index in [9.17, 15) is 9.90 Å². The second kappa shape index (κ2) is 3.91. The largest absolute Gasteiger partial charge is 0.497 e. The Bertz CT molecular complexity index is 386. The van der Waals surface area contributed by atoms with Crippen LogP contribution in [0.3, 0.4) is 0 Å². The zero-order valence-corrected chi connectivity index (χ0v) is 9.56. The van der Waals surface area contributed by atoms with Crippen LogP contribution in [0.4, 0.5) is 0 Å². The molecular weight excluding hydrogens is 204 g/mol. The Labute approximate surface area is 95.0 Å². The SMILES string of the molecule is COc1ccc([C@H](O)C2(C)CC(=O)C2)cc1. The van der Waals surface area contributed by atoms with Gasteiger partial charge in [0.1, 0.15) is 11.5 Å². The molecule has 1 fully saturated rings. The summed E-state index contributed by atoms with van der Waals surface area (Å²) in [6, 6.07) is 7.33. The first-order valence-corrected chi connectivity index (χ1v) is 5.39. The number of aliphatic hydroxyl groups is 1. The smallest absolute Gasteiger partial charge is 0.134 e. The number of carbonyl (C=O) groups excluding carboxylic acids is 1. The van der Waals surface area contributed by atoms with Crippen LogP contribution in [0, 0.1) is 5.41 Å². The summed E-state index contributed by atoms with van der Waals surface area (Å²) >= 11 is 0. The predicted octanol–water partition coefficient (Wildman–Crippen LogP) is 2.10. The van der Waals surface area contributed by atoms with Crippen molar-refractivity contribution in [3.8, 4) is 5.75 Å². The molecule has 0 aromatic heterocycles. The fourth-order valence-electron chi connectivity index (χ4n) is 2.23. The number of methoxy groups -OCH3 is 1. The fraction of sp³-hybridized carbons (Fsp3) is 0.462. The van der Waals surface area contributed by atoms with E-state index >= 15 is 0 Å². The summed E-state index contributed by atoms with van der Waals surface area (Å²) in [7, 11) is 1.61. The van der Waals surface area contributed by atoms with Crippen LogP contribution in [0.2, 0.25) is 0 Å². The van der Waals surface area contributed by atoms with Gasteiger partial charge in [-0.1, -0.05) is 19.1 Å². The van der Waals surface area contributed by atoms with Crippen molar-refractivity contribution in [3.63, 3.8) is 0 Å². The van der Waals surface area contributed by atoms with Crippen LogP contribution in [0.15, 0.2) is 24.3 Å². The summed E-state index contributed by atoms with van der Waals surface area (Å²) in [6.07, 6.45) is 0.372. The molecule has 1 aliphatic carbocycles. The Hall–Kier alpha value is -1.35. The maximum absolute atomic E-state index is 11.0. The molecule has 1 N–H and O–H groups in total. The number of ketones is 1. The molecule has 1 atom stereocenters. The van der Waals surface area contributed by atoms with Crippen molar-refractivity contribution in [2.75, 3.05) is 7.11 Å². The van der Waals surface area contributed by atoms with Crippen molar-refractivity contribution < 1.29 is 14.6 Å². The van der Waals surface area contributed by atoms with Crippen molar-refractivity contribution in [2.24, 2.45) is 5.41 Å². The normalized spacial score (nSPS) is 20.1. The summed E-state index contributed by atoms with van der Waals surface area (Å²) in [5.74, 6) is 1.00. The molecule has 3 nitrogen and oxygen atoms in total. The third kappa shape index (κ3) is 1.83. The highest BCUT2D eigenvalue weighted by molar-refractivity contribution is 5.86. The van der Waals surface area contributed by atoms with Crippen LogP contribution in [0.1, 0.15) is 31.4 Å². The predicted molar refractivity (Wildman–Crippen MR) is 60.3 cm³/mol. The lowest BCUT2D eigenvalue weighted by molar-refractivity contribution is -0.139. The number of ether oxygens (including phenoxy) is 1. The molecule has 1 saturated carbocycles. The van der Waals surface area contributed by atoms with Crippen molar-refractivity contribution in [3.05, 3.63) is 29.8 Å². The van der Waals surface area contributed by atoms with Crippen LogP contribution in [0.25, 0.3) is 0 Å². The number of benzene rings is 1. The third-order valence-electron chi connectivity index (χ3n) is 3.29. The maximum atomic E-state index is 11.0. The molecule has 2 rings (SSSR count).